The number of carboxylic acids is 1. The number of imide groups is 1. The number of amides is 2. The third kappa shape index (κ3) is 2.08. The Kier molecular flexibility index (Phi) is 3.08. The van der Waals surface area contributed by atoms with Crippen LogP contribution in [0, 0.1) is 0 Å². The molecule has 0 fully saturated rings. The lowest BCUT2D eigenvalue weighted by atomic mass is 10.1. The number of aromatic carboxylic acids is 1. The van der Waals surface area contributed by atoms with E-state index in [-0.39, 0.29) is 17.0 Å². The van der Waals surface area contributed by atoms with Gasteiger partial charge >= 0.3 is 0 Å². The molecule has 19 heavy (non-hydrogen) atoms. The van der Waals surface area contributed by atoms with Crippen LogP contribution in [-0.2, 0) is 9.59 Å². The molecule has 98 valence electrons. The molecule has 2 amide bonds. The summed E-state index contributed by atoms with van der Waals surface area (Å²) in [6.45, 7) is 1.53. The molecule has 0 aromatic heterocycles. The first-order valence-corrected chi connectivity index (χ1v) is 5.42. The maximum Gasteiger partial charge on any atom is 0.261 e. The predicted molar refractivity (Wildman–Crippen MR) is 63.6 cm³/mol. The van der Waals surface area contributed by atoms with E-state index in [2.05, 4.69) is 0 Å². The normalized spacial score (nSPS) is 14.6. The van der Waals surface area contributed by atoms with Gasteiger partial charge in [0.2, 0.25) is 0 Å². The van der Waals surface area contributed by atoms with Crippen molar-refractivity contribution in [2.45, 2.75) is 6.92 Å². The Labute approximate surface area is 108 Å². The quantitative estimate of drug-likeness (QED) is 0.707. The average Bonchev–Trinajstić information content (AvgIpc) is 2.62. The third-order valence-electron chi connectivity index (χ3n) is 2.76. The Morgan fingerprint density at radius 3 is 2.47 bits per heavy atom. The molecular formula is C13H10NO5-. The molecule has 0 saturated carbocycles. The van der Waals surface area contributed by atoms with Gasteiger partial charge in [0.15, 0.2) is 0 Å². The number of nitrogens with zero attached hydrogens (tertiary/aromatic N) is 1. The summed E-state index contributed by atoms with van der Waals surface area (Å²) in [6.07, 6.45) is 1.22. The minimum atomic E-state index is -1.36. The van der Waals surface area contributed by atoms with Gasteiger partial charge in [-0.3, -0.25) is 9.59 Å². The van der Waals surface area contributed by atoms with Crippen LogP contribution in [-0.4, -0.2) is 24.9 Å². The molecule has 0 saturated heterocycles. The fourth-order valence-corrected chi connectivity index (χ4v) is 1.81. The molecule has 0 unspecified atom stereocenters. The van der Waals surface area contributed by atoms with Crippen LogP contribution in [0.4, 0.5) is 5.69 Å². The monoisotopic (exact) mass is 260 g/mol. The summed E-state index contributed by atoms with van der Waals surface area (Å²) in [6, 6.07) is 3.80. The molecule has 0 spiro atoms. The number of methoxy groups -OCH3 is 1. The fraction of sp³-hybridized carbons (Fsp3) is 0.154. The van der Waals surface area contributed by atoms with Crippen LogP contribution >= 0.6 is 0 Å². The first-order chi connectivity index (χ1) is 8.95. The molecule has 0 aliphatic carbocycles. The smallest absolute Gasteiger partial charge is 0.261 e. The lowest BCUT2D eigenvalue weighted by Gasteiger charge is -2.18. The predicted octanol–water partition coefficient (Wildman–Crippen LogP) is -0.122. The van der Waals surface area contributed by atoms with Crippen molar-refractivity contribution in [2.75, 3.05) is 12.0 Å². The number of ether oxygens (including phenoxy) is 1. The number of carbonyl (C=O) groups is 3. The van der Waals surface area contributed by atoms with Gasteiger partial charge in [-0.1, -0.05) is 6.07 Å². The van der Waals surface area contributed by atoms with Gasteiger partial charge in [0, 0.05) is 17.2 Å². The second-order valence-corrected chi connectivity index (χ2v) is 3.98. The number of carboxylic acid groups (broad SMARTS) is 1. The molecule has 6 nitrogen and oxygen atoms in total. The summed E-state index contributed by atoms with van der Waals surface area (Å²) in [5, 5.41) is 10.8. The van der Waals surface area contributed by atoms with Crippen molar-refractivity contribution in [3.05, 3.63) is 35.4 Å². The summed E-state index contributed by atoms with van der Waals surface area (Å²) in [4.78, 5) is 35.3. The van der Waals surface area contributed by atoms with Gasteiger partial charge in [0.25, 0.3) is 11.8 Å². The van der Waals surface area contributed by atoms with Crippen LogP contribution in [0.15, 0.2) is 29.8 Å². The Morgan fingerprint density at radius 2 is 2.00 bits per heavy atom. The van der Waals surface area contributed by atoms with E-state index in [4.69, 9.17) is 4.74 Å². The molecule has 1 aliphatic rings. The first-order valence-electron chi connectivity index (χ1n) is 5.42. The summed E-state index contributed by atoms with van der Waals surface area (Å²) in [5.74, 6) is -2.18. The van der Waals surface area contributed by atoms with Crippen LogP contribution in [0.2, 0.25) is 0 Å². The third-order valence-corrected chi connectivity index (χ3v) is 2.76. The number of hydrogen-bond donors (Lipinski definition) is 0. The maximum absolute atomic E-state index is 11.9. The molecule has 0 radical (unpaired) electrons. The van der Waals surface area contributed by atoms with Crippen LogP contribution in [0.1, 0.15) is 17.3 Å². The molecule has 0 atom stereocenters. The lowest BCUT2D eigenvalue weighted by Crippen LogP contribution is -2.31. The molecule has 0 N–H and O–H groups in total. The summed E-state index contributed by atoms with van der Waals surface area (Å²) < 4.78 is 5.02. The summed E-state index contributed by atoms with van der Waals surface area (Å²) in [5.41, 5.74) is 0.427. The van der Waals surface area contributed by atoms with E-state index in [0.717, 1.165) is 4.90 Å². The molecule has 2 rings (SSSR count). The number of carbonyl (C=O) groups excluding carboxylic acids is 3. The zero-order valence-corrected chi connectivity index (χ0v) is 10.3. The Balaban J connectivity index is 2.49. The second-order valence-electron chi connectivity index (χ2n) is 3.98. The maximum atomic E-state index is 11.9. The van der Waals surface area contributed by atoms with Gasteiger partial charge in [-0.2, -0.15) is 0 Å². The van der Waals surface area contributed by atoms with Gasteiger partial charge in [-0.15, -0.1) is 0 Å². The van der Waals surface area contributed by atoms with Crippen molar-refractivity contribution in [1.29, 1.82) is 0 Å². The molecule has 1 heterocycles. The van der Waals surface area contributed by atoms with E-state index >= 15 is 0 Å². The molecule has 0 bridgehead atoms. The van der Waals surface area contributed by atoms with Gasteiger partial charge in [-0.05, 0) is 19.1 Å². The van der Waals surface area contributed by atoms with E-state index in [1.54, 1.807) is 0 Å². The van der Waals surface area contributed by atoms with E-state index in [0.29, 0.717) is 5.57 Å². The van der Waals surface area contributed by atoms with Crippen molar-refractivity contribution < 1.29 is 24.2 Å². The Hall–Kier alpha value is -2.63. The van der Waals surface area contributed by atoms with Crippen LogP contribution in [0.25, 0.3) is 0 Å². The lowest BCUT2D eigenvalue weighted by molar-refractivity contribution is -0.255. The van der Waals surface area contributed by atoms with Crippen LogP contribution in [0.3, 0.4) is 0 Å². The fourth-order valence-electron chi connectivity index (χ4n) is 1.81. The van der Waals surface area contributed by atoms with Crippen LogP contribution in [0.5, 0.6) is 5.75 Å². The first kappa shape index (κ1) is 12.8. The van der Waals surface area contributed by atoms with E-state index in [9.17, 15) is 19.5 Å². The molecule has 6 heteroatoms. The zero-order valence-electron chi connectivity index (χ0n) is 10.3. The Morgan fingerprint density at radius 1 is 1.32 bits per heavy atom. The topological polar surface area (TPSA) is 86.7 Å². The van der Waals surface area contributed by atoms with E-state index in [1.807, 2.05) is 0 Å². The van der Waals surface area contributed by atoms with Crippen molar-refractivity contribution in [3.63, 3.8) is 0 Å². The molecule has 1 aromatic carbocycles. The highest BCUT2D eigenvalue weighted by Gasteiger charge is 2.31. The highest BCUT2D eigenvalue weighted by atomic mass is 16.5. The van der Waals surface area contributed by atoms with Crippen LogP contribution < -0.4 is 14.7 Å². The van der Waals surface area contributed by atoms with Crippen molar-refractivity contribution in [3.8, 4) is 5.75 Å². The van der Waals surface area contributed by atoms with Crippen molar-refractivity contribution in [1.82, 2.24) is 0 Å². The molecule has 1 aromatic rings. The summed E-state index contributed by atoms with van der Waals surface area (Å²) in [7, 11) is 1.32. The zero-order chi connectivity index (χ0) is 14.2. The van der Waals surface area contributed by atoms with E-state index in [1.165, 1.54) is 38.3 Å². The SMILES string of the molecule is COc1cc(C(=O)[O-])ccc1N1C(=O)C=C(C)C1=O. The van der Waals surface area contributed by atoms with Gasteiger partial charge < -0.3 is 14.6 Å². The number of rotatable bonds is 3. The number of benzene rings is 1. The minimum Gasteiger partial charge on any atom is -0.545 e. The second kappa shape index (κ2) is 4.56. The van der Waals surface area contributed by atoms with Gasteiger partial charge in [-0.25, -0.2) is 4.90 Å². The van der Waals surface area contributed by atoms with Gasteiger partial charge in [0.1, 0.15) is 5.75 Å². The van der Waals surface area contributed by atoms with Gasteiger partial charge in [0.05, 0.1) is 18.8 Å². The highest BCUT2D eigenvalue weighted by molar-refractivity contribution is 6.30. The summed E-state index contributed by atoms with van der Waals surface area (Å²) >= 11 is 0. The van der Waals surface area contributed by atoms with Crippen molar-refractivity contribution in [2.24, 2.45) is 0 Å². The Bertz CT molecular complexity index is 617. The largest absolute Gasteiger partial charge is 0.545 e. The standard InChI is InChI=1S/C13H11NO5/c1-7-5-11(15)14(12(7)16)9-4-3-8(13(17)18)6-10(9)19-2/h3-6H,1-2H3,(H,17,18)/p-1. The average molecular weight is 260 g/mol. The van der Waals surface area contributed by atoms with E-state index < -0.39 is 17.8 Å². The highest BCUT2D eigenvalue weighted by Crippen LogP contribution is 2.32. The van der Waals surface area contributed by atoms with Crippen molar-refractivity contribution >= 4 is 23.5 Å². The molecule has 1 aliphatic heterocycles. The number of anilines is 1. The number of hydrogen-bond acceptors (Lipinski definition) is 5. The molecular weight excluding hydrogens is 250 g/mol. The minimum absolute atomic E-state index is 0.0932.